The van der Waals surface area contributed by atoms with Gasteiger partial charge in [-0.25, -0.2) is 9.79 Å². The van der Waals surface area contributed by atoms with Crippen LogP contribution in [0.4, 0.5) is 0 Å². The van der Waals surface area contributed by atoms with Gasteiger partial charge in [-0.3, -0.25) is 4.79 Å². The van der Waals surface area contributed by atoms with Crippen molar-refractivity contribution in [3.8, 4) is 0 Å². The average molecular weight is 230 g/mol. The third-order valence-corrected chi connectivity index (χ3v) is 1.88. The third-order valence-electron chi connectivity index (χ3n) is 1.75. The Morgan fingerprint density at radius 3 is 2.67 bits per heavy atom. The molecule has 0 spiro atoms. The molecule has 0 aromatic rings. The summed E-state index contributed by atoms with van der Waals surface area (Å²) in [5, 5.41) is 13.4. The van der Waals surface area contributed by atoms with Gasteiger partial charge in [0, 0.05) is 13.5 Å². The Kier molecular flexibility index (Phi) is 7.40. The van der Waals surface area contributed by atoms with Crippen molar-refractivity contribution in [2.24, 2.45) is 4.99 Å². The molecule has 0 heterocycles. The van der Waals surface area contributed by atoms with Gasteiger partial charge in [-0.15, -0.1) is 0 Å². The predicted molar refractivity (Wildman–Crippen MR) is 59.0 cm³/mol. The molecule has 0 fully saturated rings. The fraction of sp³-hybridized carbons (Fsp3) is 0.667. The summed E-state index contributed by atoms with van der Waals surface area (Å²) in [5.41, 5.74) is 0. The second-order valence-corrected chi connectivity index (χ2v) is 3.24. The smallest absolute Gasteiger partial charge is 0.326 e. The minimum Gasteiger partial charge on any atom is -0.480 e. The first-order valence-corrected chi connectivity index (χ1v) is 5.02. The summed E-state index contributed by atoms with van der Waals surface area (Å²) in [6, 6.07) is -0.807. The van der Waals surface area contributed by atoms with Gasteiger partial charge in [0.15, 0.2) is 0 Å². The monoisotopic (exact) mass is 230 g/mol. The molecule has 0 aliphatic rings. The van der Waals surface area contributed by atoms with E-state index in [9.17, 15) is 9.59 Å². The fourth-order valence-corrected chi connectivity index (χ4v) is 1.18. The number of hydrogen-bond acceptors (Lipinski definition) is 4. The number of carboxylic acids is 1. The molecule has 2 N–H and O–H groups in total. The molecule has 6 heteroatoms. The lowest BCUT2D eigenvalue weighted by atomic mass is 10.1. The normalized spacial score (nSPS) is 11.3. The maximum Gasteiger partial charge on any atom is 0.326 e. The topological polar surface area (TPSA) is 78.8 Å². The summed E-state index contributed by atoms with van der Waals surface area (Å²) in [7, 11) is 0. The van der Waals surface area contributed by atoms with Crippen molar-refractivity contribution in [1.82, 2.24) is 5.32 Å². The SMILES string of the molecule is CC(=O)NC(CCCCN=C=S)C(=O)O. The highest BCUT2D eigenvalue weighted by molar-refractivity contribution is 7.78. The van der Waals surface area contributed by atoms with Gasteiger partial charge in [0.25, 0.3) is 0 Å². The lowest BCUT2D eigenvalue weighted by molar-refractivity contribution is -0.141. The van der Waals surface area contributed by atoms with Crippen molar-refractivity contribution in [3.63, 3.8) is 0 Å². The van der Waals surface area contributed by atoms with Crippen LogP contribution in [0.2, 0.25) is 0 Å². The van der Waals surface area contributed by atoms with E-state index in [0.717, 1.165) is 6.42 Å². The minimum absolute atomic E-state index is 0.334. The van der Waals surface area contributed by atoms with Gasteiger partial charge in [0.05, 0.1) is 5.16 Å². The van der Waals surface area contributed by atoms with Crippen LogP contribution in [0.25, 0.3) is 0 Å². The lowest BCUT2D eigenvalue weighted by Gasteiger charge is -2.12. The number of hydrogen-bond donors (Lipinski definition) is 2. The molecule has 1 amide bonds. The molecule has 0 radical (unpaired) electrons. The number of carboxylic acid groups (broad SMARTS) is 1. The van der Waals surface area contributed by atoms with Gasteiger partial charge in [-0.2, -0.15) is 0 Å². The maximum atomic E-state index is 10.7. The number of amides is 1. The molecule has 0 saturated carbocycles. The second-order valence-electron chi connectivity index (χ2n) is 3.06. The first kappa shape index (κ1) is 13.7. The van der Waals surface area contributed by atoms with Crippen molar-refractivity contribution < 1.29 is 14.7 Å². The van der Waals surface area contributed by atoms with Crippen molar-refractivity contribution in [3.05, 3.63) is 0 Å². The van der Waals surface area contributed by atoms with Crippen LogP contribution in [0.3, 0.4) is 0 Å². The van der Waals surface area contributed by atoms with Gasteiger partial charge in [0.1, 0.15) is 6.04 Å². The highest BCUT2D eigenvalue weighted by Crippen LogP contribution is 2.01. The van der Waals surface area contributed by atoms with Crippen molar-refractivity contribution in [1.29, 1.82) is 0 Å². The Morgan fingerprint density at radius 2 is 2.20 bits per heavy atom. The third kappa shape index (κ3) is 7.78. The zero-order valence-electron chi connectivity index (χ0n) is 8.52. The Bertz CT molecular complexity index is 275. The van der Waals surface area contributed by atoms with Crippen LogP contribution in [-0.4, -0.2) is 34.7 Å². The standard InChI is InChI=1S/C9H14N2O3S/c1-7(12)11-8(9(13)14)4-2-3-5-10-6-15/h8H,2-5H2,1H3,(H,11,12)(H,13,14). The fourth-order valence-electron chi connectivity index (χ4n) is 1.09. The van der Waals surface area contributed by atoms with Crippen molar-refractivity contribution in [2.75, 3.05) is 6.54 Å². The summed E-state index contributed by atoms with van der Waals surface area (Å²) in [6.45, 7) is 1.85. The molecule has 5 nitrogen and oxygen atoms in total. The molecular formula is C9H14N2O3S. The quantitative estimate of drug-likeness (QED) is 0.386. The van der Waals surface area contributed by atoms with E-state index < -0.39 is 12.0 Å². The minimum atomic E-state index is -1.01. The summed E-state index contributed by atoms with van der Waals surface area (Å²) < 4.78 is 0. The largest absolute Gasteiger partial charge is 0.480 e. The highest BCUT2D eigenvalue weighted by atomic mass is 32.1. The molecule has 0 aromatic carbocycles. The van der Waals surface area contributed by atoms with Gasteiger partial charge < -0.3 is 10.4 Å². The zero-order valence-corrected chi connectivity index (χ0v) is 9.34. The van der Waals surface area contributed by atoms with Gasteiger partial charge >= 0.3 is 5.97 Å². The van der Waals surface area contributed by atoms with Crippen molar-refractivity contribution in [2.45, 2.75) is 32.2 Å². The summed E-state index contributed by atoms with van der Waals surface area (Å²) in [4.78, 5) is 25.1. The summed E-state index contributed by atoms with van der Waals surface area (Å²) in [6.07, 6.45) is 1.83. The lowest BCUT2D eigenvalue weighted by Crippen LogP contribution is -2.39. The highest BCUT2D eigenvalue weighted by Gasteiger charge is 2.16. The van der Waals surface area contributed by atoms with E-state index in [-0.39, 0.29) is 5.91 Å². The Labute approximate surface area is 93.6 Å². The van der Waals surface area contributed by atoms with E-state index in [0.29, 0.717) is 19.4 Å². The molecule has 0 aromatic heterocycles. The van der Waals surface area contributed by atoms with Crippen LogP contribution in [0, 0.1) is 0 Å². The maximum absolute atomic E-state index is 10.7. The number of rotatable bonds is 7. The molecule has 15 heavy (non-hydrogen) atoms. The molecule has 0 rings (SSSR count). The first-order valence-electron chi connectivity index (χ1n) is 4.61. The Hall–Kier alpha value is -1.26. The molecule has 0 saturated heterocycles. The molecule has 1 atom stereocenters. The molecule has 84 valence electrons. The van der Waals surface area contributed by atoms with Gasteiger partial charge in [-0.05, 0) is 31.5 Å². The molecule has 0 bridgehead atoms. The number of nitrogens with one attached hydrogen (secondary N) is 1. The van der Waals surface area contributed by atoms with Crippen LogP contribution in [0.15, 0.2) is 4.99 Å². The molecule has 1 unspecified atom stereocenters. The molecular weight excluding hydrogens is 216 g/mol. The van der Waals surface area contributed by atoms with Crippen LogP contribution in [0.5, 0.6) is 0 Å². The second kappa shape index (κ2) is 8.08. The van der Waals surface area contributed by atoms with Crippen molar-refractivity contribution >= 4 is 29.3 Å². The number of thiocarbonyl (C=S) groups is 1. The number of unbranched alkanes of at least 4 members (excludes halogenated alkanes) is 1. The van der Waals surface area contributed by atoms with Crippen LogP contribution < -0.4 is 5.32 Å². The van der Waals surface area contributed by atoms with E-state index in [1.165, 1.54) is 6.92 Å². The number of aliphatic carboxylic acids is 1. The van der Waals surface area contributed by atoms with Gasteiger partial charge in [0.2, 0.25) is 5.91 Å². The summed E-state index contributed by atoms with van der Waals surface area (Å²) >= 11 is 4.38. The van der Waals surface area contributed by atoms with Crippen LogP contribution >= 0.6 is 12.2 Å². The predicted octanol–water partition coefficient (Wildman–Crippen LogP) is 0.849. The number of nitrogens with zero attached hydrogens (tertiary/aromatic N) is 1. The van der Waals surface area contributed by atoms with E-state index in [1.54, 1.807) is 0 Å². The number of aliphatic imine (C=N–C) groups is 1. The van der Waals surface area contributed by atoms with E-state index in [1.807, 2.05) is 0 Å². The first-order chi connectivity index (χ1) is 7.07. The van der Waals surface area contributed by atoms with E-state index in [4.69, 9.17) is 5.11 Å². The van der Waals surface area contributed by atoms with Crippen LogP contribution in [-0.2, 0) is 9.59 Å². The number of isothiocyanates is 1. The Morgan fingerprint density at radius 1 is 1.53 bits per heavy atom. The number of carbonyl (C=O) groups excluding carboxylic acids is 1. The average Bonchev–Trinajstić information content (AvgIpc) is 2.15. The number of carbonyl (C=O) groups is 2. The zero-order chi connectivity index (χ0) is 11.7. The van der Waals surface area contributed by atoms with E-state index >= 15 is 0 Å². The Balaban J connectivity index is 3.81. The van der Waals surface area contributed by atoms with E-state index in [2.05, 4.69) is 27.7 Å². The van der Waals surface area contributed by atoms with Gasteiger partial charge in [-0.1, -0.05) is 0 Å². The molecule has 0 aliphatic heterocycles. The van der Waals surface area contributed by atoms with Crippen LogP contribution in [0.1, 0.15) is 26.2 Å². The summed E-state index contributed by atoms with van der Waals surface area (Å²) in [5.74, 6) is -1.34. The molecule has 0 aliphatic carbocycles.